The van der Waals surface area contributed by atoms with E-state index in [2.05, 4.69) is 5.32 Å². The molecule has 162 valence electrons. The van der Waals surface area contributed by atoms with E-state index in [1.165, 1.54) is 12.1 Å². The van der Waals surface area contributed by atoms with Crippen LogP contribution in [0.25, 0.3) is 0 Å². The predicted molar refractivity (Wildman–Crippen MR) is 128 cm³/mol. The largest absolute Gasteiger partial charge is 0.354 e. The molecule has 0 unspecified atom stereocenters. The summed E-state index contributed by atoms with van der Waals surface area (Å²) >= 11 is 13.4. The van der Waals surface area contributed by atoms with Gasteiger partial charge in [-0.05, 0) is 60.7 Å². The average Bonchev–Trinajstić information content (AvgIpc) is 2.77. The van der Waals surface area contributed by atoms with Crippen molar-refractivity contribution in [1.29, 1.82) is 0 Å². The van der Waals surface area contributed by atoms with E-state index >= 15 is 0 Å². The normalized spacial score (nSPS) is 11.2. The molecular formula is C22H20Cl2N2O3S2. The van der Waals surface area contributed by atoms with Crippen molar-refractivity contribution in [3.05, 3.63) is 88.9 Å². The number of hydrogen-bond donors (Lipinski definition) is 1. The van der Waals surface area contributed by atoms with Gasteiger partial charge < -0.3 is 5.32 Å². The van der Waals surface area contributed by atoms with Gasteiger partial charge in [-0.1, -0.05) is 41.4 Å². The quantitative estimate of drug-likeness (QED) is 0.332. The Morgan fingerprint density at radius 1 is 0.871 bits per heavy atom. The minimum atomic E-state index is -3.93. The number of carbonyl (C=O) groups excluding carboxylic acids is 1. The molecule has 3 aromatic carbocycles. The Kier molecular flexibility index (Phi) is 8.26. The first-order chi connectivity index (χ1) is 14.9. The van der Waals surface area contributed by atoms with Gasteiger partial charge in [-0.3, -0.25) is 9.10 Å². The lowest BCUT2D eigenvalue weighted by atomic mass is 10.3. The first kappa shape index (κ1) is 23.5. The van der Waals surface area contributed by atoms with E-state index < -0.39 is 15.9 Å². The number of anilines is 1. The molecule has 0 spiro atoms. The van der Waals surface area contributed by atoms with Gasteiger partial charge >= 0.3 is 0 Å². The Bertz CT molecular complexity index is 1110. The van der Waals surface area contributed by atoms with Crippen LogP contribution in [0.1, 0.15) is 0 Å². The molecule has 3 aromatic rings. The van der Waals surface area contributed by atoms with Crippen molar-refractivity contribution < 1.29 is 13.2 Å². The van der Waals surface area contributed by atoms with Gasteiger partial charge in [0.1, 0.15) is 6.54 Å². The number of halogens is 2. The van der Waals surface area contributed by atoms with Crippen molar-refractivity contribution in [2.75, 3.05) is 23.1 Å². The van der Waals surface area contributed by atoms with Gasteiger partial charge in [-0.25, -0.2) is 8.42 Å². The predicted octanol–water partition coefficient (Wildman–Crippen LogP) is 5.10. The lowest BCUT2D eigenvalue weighted by Crippen LogP contribution is -2.41. The summed E-state index contributed by atoms with van der Waals surface area (Å²) in [5.74, 6) is 0.242. The highest BCUT2D eigenvalue weighted by Gasteiger charge is 2.26. The summed E-state index contributed by atoms with van der Waals surface area (Å²) < 4.78 is 27.5. The van der Waals surface area contributed by atoms with Crippen LogP contribution < -0.4 is 9.62 Å². The Balaban J connectivity index is 1.67. The van der Waals surface area contributed by atoms with Crippen molar-refractivity contribution in [3.8, 4) is 0 Å². The smallest absolute Gasteiger partial charge is 0.264 e. The average molecular weight is 495 g/mol. The molecule has 0 aliphatic carbocycles. The maximum atomic E-state index is 13.2. The number of thioether (sulfide) groups is 1. The highest BCUT2D eigenvalue weighted by atomic mass is 35.5. The number of nitrogens with zero attached hydrogens (tertiary/aromatic N) is 1. The van der Waals surface area contributed by atoms with Gasteiger partial charge in [0.2, 0.25) is 5.91 Å². The molecule has 3 rings (SSSR count). The molecule has 1 N–H and O–H groups in total. The number of nitrogens with one attached hydrogen (secondary N) is 1. The topological polar surface area (TPSA) is 66.5 Å². The summed E-state index contributed by atoms with van der Waals surface area (Å²) in [5.41, 5.74) is 0.360. The molecule has 31 heavy (non-hydrogen) atoms. The van der Waals surface area contributed by atoms with E-state index in [0.29, 0.717) is 28.0 Å². The van der Waals surface area contributed by atoms with E-state index in [1.807, 2.05) is 12.1 Å². The maximum Gasteiger partial charge on any atom is 0.264 e. The minimum absolute atomic E-state index is 0.107. The molecule has 0 aliphatic rings. The second-order valence-electron chi connectivity index (χ2n) is 6.45. The van der Waals surface area contributed by atoms with Crippen LogP contribution >= 0.6 is 35.0 Å². The van der Waals surface area contributed by atoms with Crippen LogP contribution in [-0.2, 0) is 14.8 Å². The van der Waals surface area contributed by atoms with Crippen LogP contribution in [0.15, 0.2) is 88.7 Å². The Morgan fingerprint density at radius 3 is 2.06 bits per heavy atom. The van der Waals surface area contributed by atoms with Crippen LogP contribution in [-0.4, -0.2) is 33.2 Å². The third-order valence-electron chi connectivity index (χ3n) is 4.24. The fourth-order valence-electron chi connectivity index (χ4n) is 2.72. The van der Waals surface area contributed by atoms with E-state index in [1.54, 1.807) is 66.4 Å². The molecule has 5 nitrogen and oxygen atoms in total. The second kappa shape index (κ2) is 10.9. The zero-order chi connectivity index (χ0) is 22.3. The molecule has 0 saturated carbocycles. The van der Waals surface area contributed by atoms with Gasteiger partial charge in [-0.2, -0.15) is 0 Å². The van der Waals surface area contributed by atoms with Crippen molar-refractivity contribution in [1.82, 2.24) is 5.32 Å². The SMILES string of the molecule is O=C(CN(c1ccc(Cl)cc1)S(=O)(=O)c1ccccc1)NCCSc1ccc(Cl)cc1. The first-order valence-corrected chi connectivity index (χ1v) is 12.5. The molecule has 0 heterocycles. The second-order valence-corrected chi connectivity index (χ2v) is 10.4. The summed E-state index contributed by atoms with van der Waals surface area (Å²) in [6, 6.07) is 21.8. The van der Waals surface area contributed by atoms with Gasteiger partial charge in [0.05, 0.1) is 10.6 Å². The summed E-state index contributed by atoms with van der Waals surface area (Å²) in [7, 11) is -3.93. The Hall–Kier alpha value is -2.19. The summed E-state index contributed by atoms with van der Waals surface area (Å²) in [6.07, 6.45) is 0. The fraction of sp³-hybridized carbons (Fsp3) is 0.136. The van der Waals surface area contributed by atoms with Gasteiger partial charge in [0, 0.05) is 27.2 Å². The molecular weight excluding hydrogens is 475 g/mol. The van der Waals surface area contributed by atoms with Crippen LogP contribution in [0.5, 0.6) is 0 Å². The molecule has 9 heteroatoms. The van der Waals surface area contributed by atoms with Crippen molar-refractivity contribution >= 4 is 56.6 Å². The summed E-state index contributed by atoms with van der Waals surface area (Å²) in [4.78, 5) is 13.7. The highest BCUT2D eigenvalue weighted by Crippen LogP contribution is 2.25. The van der Waals surface area contributed by atoms with Crippen molar-refractivity contribution in [3.63, 3.8) is 0 Å². The maximum absolute atomic E-state index is 13.2. The van der Waals surface area contributed by atoms with E-state index in [9.17, 15) is 13.2 Å². The molecule has 0 atom stereocenters. The van der Waals surface area contributed by atoms with Gasteiger partial charge in [0.25, 0.3) is 10.0 Å². The Labute approximate surface area is 196 Å². The summed E-state index contributed by atoms with van der Waals surface area (Å²) in [5, 5.41) is 3.92. The van der Waals surface area contributed by atoms with Crippen LogP contribution in [0.4, 0.5) is 5.69 Å². The molecule has 0 radical (unpaired) electrons. The third-order valence-corrected chi connectivity index (χ3v) is 7.55. The lowest BCUT2D eigenvalue weighted by molar-refractivity contribution is -0.119. The van der Waals surface area contributed by atoms with Crippen LogP contribution in [0, 0.1) is 0 Å². The van der Waals surface area contributed by atoms with Gasteiger partial charge in [-0.15, -0.1) is 11.8 Å². The lowest BCUT2D eigenvalue weighted by Gasteiger charge is -2.24. The fourth-order valence-corrected chi connectivity index (χ4v) is 5.18. The molecule has 1 amide bonds. The number of amides is 1. The zero-order valence-electron chi connectivity index (χ0n) is 16.4. The number of rotatable bonds is 9. The Morgan fingerprint density at radius 2 is 1.45 bits per heavy atom. The number of sulfonamides is 1. The first-order valence-electron chi connectivity index (χ1n) is 9.35. The molecule has 0 fully saturated rings. The van der Waals surface area contributed by atoms with E-state index in [0.717, 1.165) is 9.20 Å². The van der Waals surface area contributed by atoms with Gasteiger partial charge in [0.15, 0.2) is 0 Å². The molecule has 0 aromatic heterocycles. The molecule has 0 bridgehead atoms. The monoisotopic (exact) mass is 494 g/mol. The number of benzene rings is 3. The van der Waals surface area contributed by atoms with E-state index in [-0.39, 0.29) is 11.4 Å². The van der Waals surface area contributed by atoms with Crippen LogP contribution in [0.2, 0.25) is 10.0 Å². The third kappa shape index (κ3) is 6.64. The standard InChI is InChI=1S/C22H20Cl2N2O3S2/c23-17-6-10-19(11-7-17)26(31(28,29)21-4-2-1-3-5-21)16-22(27)25-14-15-30-20-12-8-18(24)9-13-20/h1-13H,14-16H2,(H,25,27). The van der Waals surface area contributed by atoms with E-state index in [4.69, 9.17) is 23.2 Å². The number of carbonyl (C=O) groups is 1. The molecule has 0 aliphatic heterocycles. The zero-order valence-corrected chi connectivity index (χ0v) is 19.5. The molecule has 0 saturated heterocycles. The number of hydrogen-bond acceptors (Lipinski definition) is 4. The van der Waals surface area contributed by atoms with Crippen molar-refractivity contribution in [2.24, 2.45) is 0 Å². The summed E-state index contributed by atoms with van der Waals surface area (Å²) in [6.45, 7) is 0.0520. The highest BCUT2D eigenvalue weighted by molar-refractivity contribution is 7.99. The minimum Gasteiger partial charge on any atom is -0.354 e. The van der Waals surface area contributed by atoms with Crippen molar-refractivity contribution in [2.45, 2.75) is 9.79 Å². The van der Waals surface area contributed by atoms with Crippen LogP contribution in [0.3, 0.4) is 0 Å².